The first-order chi connectivity index (χ1) is 11.6. The van der Waals surface area contributed by atoms with Crippen molar-refractivity contribution in [3.8, 4) is 5.75 Å². The summed E-state index contributed by atoms with van der Waals surface area (Å²) < 4.78 is 25.3. The van der Waals surface area contributed by atoms with E-state index in [1.807, 2.05) is 0 Å². The number of nitro benzene ring substituents is 1. The smallest absolute Gasteiger partial charge is 0.455 e. The van der Waals surface area contributed by atoms with Crippen LogP contribution < -0.4 is 4.74 Å². The molecule has 0 aromatic heterocycles. The molecule has 1 aliphatic rings. The quantitative estimate of drug-likeness (QED) is 0.228. The Balaban J connectivity index is 2.16. The molecule has 1 aromatic carbocycles. The number of hydrogen-bond donors (Lipinski definition) is 5. The number of aliphatic hydroxyl groups is 3. The van der Waals surface area contributed by atoms with Crippen LogP contribution in [-0.2, 0) is 13.8 Å². The average molecular weight is 381 g/mol. The summed E-state index contributed by atoms with van der Waals surface area (Å²) in [6, 6.07) is 5.19. The molecular weight excluding hydrogens is 365 g/mol. The van der Waals surface area contributed by atoms with E-state index in [-0.39, 0.29) is 5.75 Å². The van der Waals surface area contributed by atoms with Crippen molar-refractivity contribution in [1.82, 2.24) is 0 Å². The van der Waals surface area contributed by atoms with Gasteiger partial charge in [0.15, 0.2) is 5.75 Å². The van der Waals surface area contributed by atoms with Crippen LogP contribution in [0.3, 0.4) is 0 Å². The molecule has 2 rings (SSSR count). The third kappa shape index (κ3) is 4.93. The molecule has 1 aliphatic heterocycles. The van der Waals surface area contributed by atoms with E-state index >= 15 is 0 Å². The molecule has 140 valence electrons. The Bertz CT molecular complexity index is 664. The SMILES string of the molecule is O=[N+]([O-])c1ccccc1O[C@@H]1OC(COP(=O)(O)O)[C@H](O)[C@@H](O)C1O. The zero-order valence-electron chi connectivity index (χ0n) is 12.5. The highest BCUT2D eigenvalue weighted by Crippen LogP contribution is 2.37. The van der Waals surface area contributed by atoms with E-state index in [2.05, 4.69) is 4.52 Å². The highest BCUT2D eigenvalue weighted by Gasteiger charge is 2.46. The number of ether oxygens (including phenoxy) is 2. The van der Waals surface area contributed by atoms with Crippen molar-refractivity contribution in [2.45, 2.75) is 30.7 Å². The summed E-state index contributed by atoms with van der Waals surface area (Å²) in [6.07, 6.45) is -8.41. The Morgan fingerprint density at radius 3 is 2.40 bits per heavy atom. The Morgan fingerprint density at radius 1 is 1.16 bits per heavy atom. The number of aliphatic hydroxyl groups excluding tert-OH is 3. The van der Waals surface area contributed by atoms with E-state index in [1.165, 1.54) is 18.2 Å². The van der Waals surface area contributed by atoms with Gasteiger partial charge in [-0.25, -0.2) is 4.57 Å². The van der Waals surface area contributed by atoms with Gasteiger partial charge in [-0.15, -0.1) is 0 Å². The number of nitrogens with zero attached hydrogens (tertiary/aromatic N) is 1. The lowest BCUT2D eigenvalue weighted by atomic mass is 9.99. The molecule has 0 amide bonds. The molecule has 0 bridgehead atoms. The minimum Gasteiger partial charge on any atom is -0.455 e. The molecule has 12 nitrogen and oxygen atoms in total. The molecular formula is C12H16NO11P. The summed E-state index contributed by atoms with van der Waals surface area (Å²) in [7, 11) is -4.87. The average Bonchev–Trinajstić information content (AvgIpc) is 2.53. The lowest BCUT2D eigenvalue weighted by molar-refractivity contribution is -0.387. The van der Waals surface area contributed by atoms with Crippen molar-refractivity contribution in [3.63, 3.8) is 0 Å². The number of phosphoric acid groups is 1. The van der Waals surface area contributed by atoms with Crippen molar-refractivity contribution < 1.29 is 48.6 Å². The Morgan fingerprint density at radius 2 is 1.80 bits per heavy atom. The fourth-order valence-electron chi connectivity index (χ4n) is 2.15. The van der Waals surface area contributed by atoms with Crippen LogP contribution in [0.1, 0.15) is 0 Å². The van der Waals surface area contributed by atoms with Gasteiger partial charge in [-0.3, -0.25) is 14.6 Å². The van der Waals surface area contributed by atoms with Crippen LogP contribution in [-0.4, -0.2) is 67.3 Å². The molecule has 1 aromatic rings. The third-order valence-corrected chi connectivity index (χ3v) is 3.87. The van der Waals surface area contributed by atoms with Crippen LogP contribution in [0.2, 0.25) is 0 Å². The topological polar surface area (TPSA) is 189 Å². The summed E-state index contributed by atoms with van der Waals surface area (Å²) in [5.41, 5.74) is -0.429. The monoisotopic (exact) mass is 381 g/mol. The highest BCUT2D eigenvalue weighted by molar-refractivity contribution is 7.46. The molecule has 0 saturated carbocycles. The number of rotatable bonds is 6. The molecule has 0 spiro atoms. The van der Waals surface area contributed by atoms with Crippen LogP contribution in [0, 0.1) is 10.1 Å². The first kappa shape index (κ1) is 19.7. The minimum atomic E-state index is -4.87. The molecule has 25 heavy (non-hydrogen) atoms. The summed E-state index contributed by atoms with van der Waals surface area (Å²) in [4.78, 5) is 27.6. The number of benzene rings is 1. The van der Waals surface area contributed by atoms with E-state index in [0.717, 1.165) is 6.07 Å². The summed E-state index contributed by atoms with van der Waals surface area (Å²) in [5.74, 6) is -0.269. The summed E-state index contributed by atoms with van der Waals surface area (Å²) in [6.45, 7) is -0.814. The molecule has 5 atom stereocenters. The molecule has 5 N–H and O–H groups in total. The second kappa shape index (κ2) is 7.72. The summed E-state index contributed by atoms with van der Waals surface area (Å²) >= 11 is 0. The maximum Gasteiger partial charge on any atom is 0.469 e. The van der Waals surface area contributed by atoms with Gasteiger partial charge in [-0.2, -0.15) is 0 Å². The van der Waals surface area contributed by atoms with Gasteiger partial charge in [-0.1, -0.05) is 12.1 Å². The fourth-order valence-corrected chi connectivity index (χ4v) is 2.50. The highest BCUT2D eigenvalue weighted by atomic mass is 31.2. The van der Waals surface area contributed by atoms with Crippen molar-refractivity contribution in [2.75, 3.05) is 6.61 Å². The van der Waals surface area contributed by atoms with Crippen LogP contribution in [0.25, 0.3) is 0 Å². The number of hydrogen-bond acceptors (Lipinski definition) is 9. The van der Waals surface area contributed by atoms with Crippen LogP contribution in [0.15, 0.2) is 24.3 Å². The number of phosphoric ester groups is 1. The molecule has 2 unspecified atom stereocenters. The van der Waals surface area contributed by atoms with E-state index in [9.17, 15) is 30.0 Å². The molecule has 0 aliphatic carbocycles. The van der Waals surface area contributed by atoms with Gasteiger partial charge in [0, 0.05) is 6.07 Å². The second-order valence-electron chi connectivity index (χ2n) is 5.14. The minimum absolute atomic E-state index is 0.269. The van der Waals surface area contributed by atoms with E-state index in [4.69, 9.17) is 19.3 Å². The predicted octanol–water partition coefficient (Wildman–Crippen LogP) is -1.11. The third-order valence-electron chi connectivity index (χ3n) is 3.38. The van der Waals surface area contributed by atoms with Crippen LogP contribution >= 0.6 is 7.82 Å². The normalized spacial score (nSPS) is 30.0. The Hall–Kier alpha value is -1.63. The van der Waals surface area contributed by atoms with Crippen molar-refractivity contribution in [3.05, 3.63) is 34.4 Å². The summed E-state index contributed by atoms with van der Waals surface area (Å²) in [5, 5.41) is 40.5. The van der Waals surface area contributed by atoms with Gasteiger partial charge in [-0.05, 0) is 6.07 Å². The Kier molecular flexibility index (Phi) is 6.08. The van der Waals surface area contributed by atoms with Gasteiger partial charge in [0.1, 0.15) is 24.4 Å². The zero-order valence-corrected chi connectivity index (χ0v) is 13.4. The van der Waals surface area contributed by atoms with Crippen molar-refractivity contribution in [2.24, 2.45) is 0 Å². The number of para-hydroxylation sites is 2. The van der Waals surface area contributed by atoms with Crippen LogP contribution in [0.5, 0.6) is 5.75 Å². The fraction of sp³-hybridized carbons (Fsp3) is 0.500. The Labute approximate surface area is 140 Å². The van der Waals surface area contributed by atoms with Gasteiger partial charge in [0.25, 0.3) is 0 Å². The van der Waals surface area contributed by atoms with Crippen molar-refractivity contribution >= 4 is 13.5 Å². The van der Waals surface area contributed by atoms with E-state index in [0.29, 0.717) is 0 Å². The lowest BCUT2D eigenvalue weighted by Crippen LogP contribution is -2.60. The van der Waals surface area contributed by atoms with Gasteiger partial charge in [0.05, 0.1) is 11.5 Å². The van der Waals surface area contributed by atoms with Gasteiger partial charge in [0.2, 0.25) is 6.29 Å². The van der Waals surface area contributed by atoms with Crippen molar-refractivity contribution in [1.29, 1.82) is 0 Å². The molecule has 0 radical (unpaired) electrons. The molecule has 1 heterocycles. The first-order valence-corrected chi connectivity index (χ1v) is 8.43. The largest absolute Gasteiger partial charge is 0.469 e. The van der Waals surface area contributed by atoms with E-state index in [1.54, 1.807) is 0 Å². The lowest BCUT2D eigenvalue weighted by Gasteiger charge is -2.39. The second-order valence-corrected chi connectivity index (χ2v) is 6.38. The molecule has 1 fully saturated rings. The maximum atomic E-state index is 11.0. The molecule has 1 saturated heterocycles. The standard InChI is InChI=1S/C12H16NO11P/c14-9-8(5-22-25(19,20)21)24-12(11(16)10(9)15)23-7-4-2-1-3-6(7)13(17)18/h1-4,8-12,14-16H,5H2,(H2,19,20,21)/t8?,9-,10+,11?,12+/m0/s1. The van der Waals surface area contributed by atoms with E-state index < -0.39 is 55.7 Å². The first-order valence-electron chi connectivity index (χ1n) is 6.90. The van der Waals surface area contributed by atoms with Crippen LogP contribution in [0.4, 0.5) is 5.69 Å². The van der Waals surface area contributed by atoms with Gasteiger partial charge < -0.3 is 34.6 Å². The number of nitro groups is 1. The molecule has 13 heteroatoms. The van der Waals surface area contributed by atoms with Gasteiger partial charge >= 0.3 is 13.5 Å². The zero-order chi connectivity index (χ0) is 18.8. The predicted molar refractivity (Wildman–Crippen MR) is 78.4 cm³/mol. The maximum absolute atomic E-state index is 11.0.